The number of carbonyl (C=O) groups is 1. The van der Waals surface area contributed by atoms with Crippen molar-refractivity contribution in [2.45, 2.75) is 69.9 Å². The summed E-state index contributed by atoms with van der Waals surface area (Å²) in [5.41, 5.74) is 0. The van der Waals surface area contributed by atoms with Crippen molar-refractivity contribution in [2.24, 2.45) is 17.8 Å². The molecular weight excluding hydrogens is 284 g/mol. The summed E-state index contributed by atoms with van der Waals surface area (Å²) in [6, 6.07) is 1.05. The average molecular weight is 313 g/mol. The lowest BCUT2D eigenvalue weighted by molar-refractivity contribution is -0.135. The van der Waals surface area contributed by atoms with Gasteiger partial charge < -0.3 is 10.2 Å². The highest BCUT2D eigenvalue weighted by molar-refractivity contribution is 5.85. The summed E-state index contributed by atoms with van der Waals surface area (Å²) in [5.74, 6) is 2.55. The molecule has 21 heavy (non-hydrogen) atoms. The predicted octanol–water partition coefficient (Wildman–Crippen LogP) is 2.98. The van der Waals surface area contributed by atoms with Crippen molar-refractivity contribution >= 4 is 18.3 Å². The van der Waals surface area contributed by atoms with Gasteiger partial charge in [-0.25, -0.2) is 0 Å². The second-order valence-electron chi connectivity index (χ2n) is 7.53. The van der Waals surface area contributed by atoms with E-state index < -0.39 is 0 Å². The molecule has 1 amide bonds. The van der Waals surface area contributed by atoms with Crippen molar-refractivity contribution in [1.29, 1.82) is 0 Å². The topological polar surface area (TPSA) is 32.3 Å². The van der Waals surface area contributed by atoms with E-state index in [0.29, 0.717) is 23.9 Å². The number of rotatable bonds is 2. The third-order valence-corrected chi connectivity index (χ3v) is 6.32. The zero-order valence-corrected chi connectivity index (χ0v) is 13.7. The minimum absolute atomic E-state index is 0. The summed E-state index contributed by atoms with van der Waals surface area (Å²) in [4.78, 5) is 15.2. The van der Waals surface area contributed by atoms with Crippen LogP contribution in [0.3, 0.4) is 0 Å². The van der Waals surface area contributed by atoms with Gasteiger partial charge >= 0.3 is 0 Å². The molecule has 0 spiro atoms. The van der Waals surface area contributed by atoms with E-state index >= 15 is 0 Å². The van der Waals surface area contributed by atoms with Gasteiger partial charge in [0.25, 0.3) is 0 Å². The van der Waals surface area contributed by atoms with Crippen molar-refractivity contribution in [2.75, 3.05) is 13.1 Å². The first kappa shape index (κ1) is 15.6. The zero-order chi connectivity index (χ0) is 13.5. The molecule has 2 saturated carbocycles. The molecule has 2 saturated heterocycles. The van der Waals surface area contributed by atoms with E-state index in [1.807, 2.05) is 0 Å². The lowest BCUT2D eigenvalue weighted by Gasteiger charge is -2.29. The van der Waals surface area contributed by atoms with Crippen LogP contribution in [-0.2, 0) is 4.79 Å². The number of nitrogens with zero attached hydrogens (tertiary/aromatic N) is 1. The lowest BCUT2D eigenvalue weighted by atomic mass is 9.85. The van der Waals surface area contributed by atoms with E-state index in [-0.39, 0.29) is 12.4 Å². The Morgan fingerprint density at radius 3 is 2.52 bits per heavy atom. The fourth-order valence-corrected chi connectivity index (χ4v) is 5.12. The van der Waals surface area contributed by atoms with E-state index in [0.717, 1.165) is 24.9 Å². The average Bonchev–Trinajstić information content (AvgIpc) is 3.19. The first-order valence-corrected chi connectivity index (χ1v) is 8.87. The smallest absolute Gasteiger partial charge is 0.226 e. The highest BCUT2D eigenvalue weighted by Crippen LogP contribution is 2.51. The van der Waals surface area contributed by atoms with E-state index in [4.69, 9.17) is 0 Å². The number of hydrogen-bond donors (Lipinski definition) is 1. The number of nitrogens with one attached hydrogen (secondary N) is 1. The molecule has 4 unspecified atom stereocenters. The Kier molecular flexibility index (Phi) is 4.80. The van der Waals surface area contributed by atoms with Crippen molar-refractivity contribution in [3.05, 3.63) is 0 Å². The van der Waals surface area contributed by atoms with Gasteiger partial charge in [-0.15, -0.1) is 12.4 Å². The molecule has 4 heteroatoms. The maximum Gasteiger partial charge on any atom is 0.226 e. The van der Waals surface area contributed by atoms with Crippen molar-refractivity contribution in [3.63, 3.8) is 0 Å². The molecule has 2 aliphatic carbocycles. The molecule has 0 aromatic heterocycles. The molecule has 4 fully saturated rings. The molecule has 4 aliphatic rings. The van der Waals surface area contributed by atoms with E-state index in [2.05, 4.69) is 10.2 Å². The maximum absolute atomic E-state index is 12.9. The van der Waals surface area contributed by atoms with Crippen molar-refractivity contribution < 1.29 is 4.79 Å². The van der Waals surface area contributed by atoms with E-state index in [1.54, 1.807) is 0 Å². The summed E-state index contributed by atoms with van der Waals surface area (Å²) in [5, 5.41) is 3.50. The van der Waals surface area contributed by atoms with Crippen LogP contribution in [0.5, 0.6) is 0 Å². The van der Waals surface area contributed by atoms with Gasteiger partial charge in [-0.3, -0.25) is 4.79 Å². The minimum Gasteiger partial charge on any atom is -0.335 e. The number of carbonyl (C=O) groups excluding carboxylic acids is 1. The Balaban J connectivity index is 0.00000132. The quantitative estimate of drug-likeness (QED) is 0.850. The maximum atomic E-state index is 12.9. The van der Waals surface area contributed by atoms with Crippen LogP contribution < -0.4 is 5.32 Å². The van der Waals surface area contributed by atoms with E-state index in [9.17, 15) is 4.79 Å². The Bertz CT molecular complexity index is 369. The molecule has 4 rings (SSSR count). The third-order valence-electron chi connectivity index (χ3n) is 6.32. The molecule has 0 aromatic rings. The number of amides is 1. The van der Waals surface area contributed by atoms with Crippen LogP contribution in [0.1, 0.15) is 57.8 Å². The molecular formula is C17H29ClN2O. The second kappa shape index (κ2) is 6.45. The molecule has 4 atom stereocenters. The number of halogens is 1. The Morgan fingerprint density at radius 1 is 0.952 bits per heavy atom. The Morgan fingerprint density at radius 2 is 1.71 bits per heavy atom. The highest BCUT2D eigenvalue weighted by atomic mass is 35.5. The number of hydrogen-bond acceptors (Lipinski definition) is 2. The molecule has 2 aliphatic heterocycles. The molecule has 0 radical (unpaired) electrons. The normalized spacial score (nSPS) is 39.5. The monoisotopic (exact) mass is 312 g/mol. The van der Waals surface area contributed by atoms with Gasteiger partial charge in [0.1, 0.15) is 0 Å². The van der Waals surface area contributed by atoms with Crippen LogP contribution in [0.25, 0.3) is 0 Å². The molecule has 2 bridgehead atoms. The summed E-state index contributed by atoms with van der Waals surface area (Å²) >= 11 is 0. The van der Waals surface area contributed by atoms with Crippen LogP contribution in [0.4, 0.5) is 0 Å². The fourth-order valence-electron chi connectivity index (χ4n) is 5.12. The predicted molar refractivity (Wildman–Crippen MR) is 86.6 cm³/mol. The molecule has 120 valence electrons. The fraction of sp³-hybridized carbons (Fsp3) is 0.941. The second-order valence-corrected chi connectivity index (χ2v) is 7.53. The minimum atomic E-state index is 0. The molecule has 2 heterocycles. The van der Waals surface area contributed by atoms with Crippen LogP contribution >= 0.6 is 12.4 Å². The van der Waals surface area contributed by atoms with Gasteiger partial charge in [0.15, 0.2) is 0 Å². The van der Waals surface area contributed by atoms with Crippen LogP contribution in [0.2, 0.25) is 0 Å². The van der Waals surface area contributed by atoms with Gasteiger partial charge in [0, 0.05) is 24.5 Å². The van der Waals surface area contributed by atoms with Crippen LogP contribution in [-0.4, -0.2) is 36.0 Å². The zero-order valence-electron chi connectivity index (χ0n) is 12.9. The van der Waals surface area contributed by atoms with Gasteiger partial charge in [-0.1, -0.05) is 32.1 Å². The Hall–Kier alpha value is -0.280. The van der Waals surface area contributed by atoms with Gasteiger partial charge in [0.05, 0.1) is 0 Å². The summed E-state index contributed by atoms with van der Waals surface area (Å²) < 4.78 is 0. The van der Waals surface area contributed by atoms with Crippen molar-refractivity contribution in [1.82, 2.24) is 10.2 Å². The van der Waals surface area contributed by atoms with Crippen LogP contribution in [0.15, 0.2) is 0 Å². The van der Waals surface area contributed by atoms with Gasteiger partial charge in [-0.05, 0) is 44.1 Å². The Labute approximate surface area is 134 Å². The lowest BCUT2D eigenvalue weighted by Crippen LogP contribution is -2.43. The van der Waals surface area contributed by atoms with Gasteiger partial charge in [0.2, 0.25) is 5.91 Å². The summed E-state index contributed by atoms with van der Waals surface area (Å²) in [6.45, 7) is 2.13. The summed E-state index contributed by atoms with van der Waals surface area (Å²) in [6.07, 6.45) is 11.9. The largest absolute Gasteiger partial charge is 0.335 e. The summed E-state index contributed by atoms with van der Waals surface area (Å²) in [7, 11) is 0. The first-order valence-electron chi connectivity index (χ1n) is 8.87. The standard InChI is InChI=1S/C17H28N2O.ClH/c20-17(16-10-15(16)12-4-2-1-3-5-12)19-13-6-7-14(19)11-18-9-8-13;/h12-16,18H,1-11H2;1H. The first-order chi connectivity index (χ1) is 9.84. The van der Waals surface area contributed by atoms with Crippen LogP contribution in [0, 0.1) is 17.8 Å². The number of fused-ring (bicyclic) bond motifs is 2. The van der Waals surface area contributed by atoms with Crippen molar-refractivity contribution in [3.8, 4) is 0 Å². The SMILES string of the molecule is Cl.O=C(C1CC1C1CCCCC1)N1C2CCNCC1CC2. The molecule has 0 aromatic carbocycles. The van der Waals surface area contributed by atoms with E-state index in [1.165, 1.54) is 57.8 Å². The highest BCUT2D eigenvalue weighted by Gasteiger charge is 2.51. The van der Waals surface area contributed by atoms with Gasteiger partial charge in [-0.2, -0.15) is 0 Å². The third kappa shape index (κ3) is 2.96. The molecule has 1 N–H and O–H groups in total. The molecule has 3 nitrogen and oxygen atoms in total.